The molecule has 1 aromatic carbocycles. The molecule has 1 heterocycles. The summed E-state index contributed by atoms with van der Waals surface area (Å²) in [5, 5.41) is 18.3. The van der Waals surface area contributed by atoms with Crippen LogP contribution in [-0.2, 0) is 4.79 Å². The zero-order valence-corrected chi connectivity index (χ0v) is 8.27. The van der Waals surface area contributed by atoms with Gasteiger partial charge < -0.3 is 10.1 Å². The molecule has 16 heavy (non-hydrogen) atoms. The van der Waals surface area contributed by atoms with Crippen LogP contribution in [0.5, 0.6) is 0 Å². The third-order valence-corrected chi connectivity index (χ3v) is 2.20. The minimum Gasteiger partial charge on any atom is -0.477 e. The van der Waals surface area contributed by atoms with Crippen molar-refractivity contribution >= 4 is 22.9 Å². The van der Waals surface area contributed by atoms with Crippen molar-refractivity contribution in [2.24, 2.45) is 0 Å². The number of aromatic amines is 1. The Morgan fingerprint density at radius 2 is 2.19 bits per heavy atom. The van der Waals surface area contributed by atoms with Crippen LogP contribution in [0.25, 0.3) is 17.0 Å². The fourth-order valence-corrected chi connectivity index (χ4v) is 1.47. The number of para-hydroxylation sites is 1. The molecular formula is C12H8N2O2. The maximum absolute atomic E-state index is 10.6. The highest BCUT2D eigenvalue weighted by molar-refractivity contribution is 5.97. The van der Waals surface area contributed by atoms with Gasteiger partial charge in [-0.2, -0.15) is 5.26 Å². The molecule has 1 aromatic heterocycles. The molecule has 78 valence electrons. The van der Waals surface area contributed by atoms with E-state index in [4.69, 9.17) is 10.4 Å². The van der Waals surface area contributed by atoms with Gasteiger partial charge in [0.2, 0.25) is 0 Å². The number of nitrogens with one attached hydrogen (secondary N) is 1. The smallest absolute Gasteiger partial charge is 0.346 e. The Morgan fingerprint density at radius 1 is 1.44 bits per heavy atom. The van der Waals surface area contributed by atoms with Gasteiger partial charge in [0.25, 0.3) is 0 Å². The van der Waals surface area contributed by atoms with Gasteiger partial charge in [0, 0.05) is 11.2 Å². The van der Waals surface area contributed by atoms with Crippen molar-refractivity contribution in [3.8, 4) is 6.07 Å². The Kier molecular flexibility index (Phi) is 2.44. The van der Waals surface area contributed by atoms with Crippen molar-refractivity contribution in [1.29, 1.82) is 5.26 Å². The largest absolute Gasteiger partial charge is 0.477 e. The molecule has 0 saturated carbocycles. The summed E-state index contributed by atoms with van der Waals surface area (Å²) < 4.78 is 0. The van der Waals surface area contributed by atoms with Gasteiger partial charge in [0.15, 0.2) is 0 Å². The lowest BCUT2D eigenvalue weighted by molar-refractivity contribution is -0.132. The summed E-state index contributed by atoms with van der Waals surface area (Å²) in [4.78, 5) is 13.7. The Hall–Kier alpha value is -2.54. The molecule has 0 atom stereocenters. The zero-order valence-electron chi connectivity index (χ0n) is 8.27. The number of nitriles is 1. The number of aliphatic carboxylic acids is 1. The number of benzene rings is 1. The molecule has 2 aromatic rings. The lowest BCUT2D eigenvalue weighted by atomic mass is 10.2. The molecule has 4 nitrogen and oxygen atoms in total. The average Bonchev–Trinajstić information content (AvgIpc) is 2.67. The maximum atomic E-state index is 10.6. The molecule has 0 bridgehead atoms. The van der Waals surface area contributed by atoms with Crippen LogP contribution in [0.3, 0.4) is 0 Å². The minimum absolute atomic E-state index is 0.286. The van der Waals surface area contributed by atoms with E-state index in [1.54, 1.807) is 12.1 Å². The predicted molar refractivity (Wildman–Crippen MR) is 59.5 cm³/mol. The molecule has 0 amide bonds. The maximum Gasteiger partial charge on any atom is 0.346 e. The summed E-state index contributed by atoms with van der Waals surface area (Å²) in [7, 11) is 0. The van der Waals surface area contributed by atoms with Gasteiger partial charge in [0.05, 0.1) is 0 Å². The summed E-state index contributed by atoms with van der Waals surface area (Å²) in [6.45, 7) is 0. The number of aromatic nitrogens is 1. The van der Waals surface area contributed by atoms with Crippen LogP contribution >= 0.6 is 0 Å². The van der Waals surface area contributed by atoms with E-state index in [1.165, 1.54) is 6.08 Å². The molecule has 0 aliphatic rings. The number of nitrogens with zero attached hydrogens (tertiary/aromatic N) is 1. The highest BCUT2D eigenvalue weighted by atomic mass is 16.4. The first-order valence-electron chi connectivity index (χ1n) is 4.63. The number of hydrogen-bond acceptors (Lipinski definition) is 2. The first kappa shape index (κ1) is 9.99. The van der Waals surface area contributed by atoms with E-state index in [0.717, 1.165) is 10.9 Å². The number of hydrogen-bond donors (Lipinski definition) is 2. The number of H-pyrrole nitrogens is 1. The molecule has 0 spiro atoms. The van der Waals surface area contributed by atoms with E-state index in [0.29, 0.717) is 5.69 Å². The first-order valence-corrected chi connectivity index (χ1v) is 4.63. The second-order valence-corrected chi connectivity index (χ2v) is 3.29. The Morgan fingerprint density at radius 3 is 2.81 bits per heavy atom. The van der Waals surface area contributed by atoms with Crippen molar-refractivity contribution in [1.82, 2.24) is 4.98 Å². The summed E-state index contributed by atoms with van der Waals surface area (Å²) in [6.07, 6.45) is 1.32. The fourth-order valence-electron chi connectivity index (χ4n) is 1.47. The van der Waals surface area contributed by atoms with Crippen molar-refractivity contribution in [2.45, 2.75) is 0 Å². The SMILES string of the molecule is N#C/C(=C\c1cc2ccccc2[nH]1)C(=O)O. The van der Waals surface area contributed by atoms with Gasteiger partial charge in [-0.1, -0.05) is 18.2 Å². The highest BCUT2D eigenvalue weighted by Crippen LogP contribution is 2.16. The van der Waals surface area contributed by atoms with Crippen LogP contribution in [0.15, 0.2) is 35.9 Å². The van der Waals surface area contributed by atoms with Crippen LogP contribution in [0.4, 0.5) is 0 Å². The monoisotopic (exact) mass is 212 g/mol. The topological polar surface area (TPSA) is 76.9 Å². The van der Waals surface area contributed by atoms with Crippen LogP contribution in [-0.4, -0.2) is 16.1 Å². The quantitative estimate of drug-likeness (QED) is 0.591. The molecule has 2 rings (SSSR count). The van der Waals surface area contributed by atoms with Gasteiger partial charge in [-0.25, -0.2) is 4.79 Å². The molecule has 0 unspecified atom stereocenters. The summed E-state index contributed by atoms with van der Waals surface area (Å²) in [6, 6.07) is 11.0. The number of carboxylic acids is 1. The molecule has 0 saturated heterocycles. The zero-order chi connectivity index (χ0) is 11.5. The Balaban J connectivity index is 2.49. The summed E-state index contributed by atoms with van der Waals surface area (Å²) in [5.74, 6) is -1.22. The first-order chi connectivity index (χ1) is 7.70. The molecule has 0 aliphatic carbocycles. The van der Waals surface area contributed by atoms with E-state index >= 15 is 0 Å². The van der Waals surface area contributed by atoms with Crippen LogP contribution in [0.2, 0.25) is 0 Å². The molecule has 0 aliphatic heterocycles. The van der Waals surface area contributed by atoms with E-state index in [1.807, 2.05) is 24.3 Å². The number of fused-ring (bicyclic) bond motifs is 1. The Bertz CT molecular complexity index is 584. The van der Waals surface area contributed by atoms with Crippen molar-refractivity contribution < 1.29 is 9.90 Å². The van der Waals surface area contributed by atoms with E-state index in [-0.39, 0.29) is 5.57 Å². The third kappa shape index (κ3) is 1.79. The molecular weight excluding hydrogens is 204 g/mol. The van der Waals surface area contributed by atoms with E-state index in [2.05, 4.69) is 4.98 Å². The van der Waals surface area contributed by atoms with Gasteiger partial charge >= 0.3 is 5.97 Å². The molecule has 0 radical (unpaired) electrons. The summed E-state index contributed by atoms with van der Waals surface area (Å²) >= 11 is 0. The van der Waals surface area contributed by atoms with Gasteiger partial charge in [0.1, 0.15) is 11.6 Å². The highest BCUT2D eigenvalue weighted by Gasteiger charge is 2.06. The second kappa shape index (κ2) is 3.91. The molecule has 4 heteroatoms. The third-order valence-electron chi connectivity index (χ3n) is 2.20. The van der Waals surface area contributed by atoms with Gasteiger partial charge in [-0.05, 0) is 23.6 Å². The predicted octanol–water partition coefficient (Wildman–Crippen LogP) is 2.16. The molecule has 0 fully saturated rings. The minimum atomic E-state index is -1.22. The second-order valence-electron chi connectivity index (χ2n) is 3.29. The number of rotatable bonds is 2. The fraction of sp³-hybridized carbons (Fsp3) is 0. The van der Waals surface area contributed by atoms with Crippen LogP contribution in [0.1, 0.15) is 5.69 Å². The van der Waals surface area contributed by atoms with Crippen LogP contribution < -0.4 is 0 Å². The normalized spacial score (nSPS) is 11.3. The van der Waals surface area contributed by atoms with Crippen molar-refractivity contribution in [3.05, 3.63) is 41.6 Å². The summed E-state index contributed by atoms with van der Waals surface area (Å²) in [5.41, 5.74) is 1.24. The van der Waals surface area contributed by atoms with Crippen molar-refractivity contribution in [3.63, 3.8) is 0 Å². The van der Waals surface area contributed by atoms with E-state index < -0.39 is 5.97 Å². The van der Waals surface area contributed by atoms with Gasteiger partial charge in [-0.15, -0.1) is 0 Å². The Labute approximate surface area is 91.4 Å². The lowest BCUT2D eigenvalue weighted by Gasteiger charge is -1.88. The molecule has 2 N–H and O–H groups in total. The van der Waals surface area contributed by atoms with Crippen molar-refractivity contribution in [2.75, 3.05) is 0 Å². The van der Waals surface area contributed by atoms with Crippen LogP contribution in [0, 0.1) is 11.3 Å². The number of carboxylic acid groups (broad SMARTS) is 1. The average molecular weight is 212 g/mol. The van der Waals surface area contributed by atoms with E-state index in [9.17, 15) is 4.79 Å². The lowest BCUT2D eigenvalue weighted by Crippen LogP contribution is -1.97. The number of carbonyl (C=O) groups is 1. The standard InChI is InChI=1S/C12H8N2O2/c13-7-9(12(15)16)6-10-5-8-3-1-2-4-11(8)14-10/h1-6,14H,(H,15,16)/b9-6+. The van der Waals surface area contributed by atoms with Gasteiger partial charge in [-0.3, -0.25) is 0 Å².